The van der Waals surface area contributed by atoms with Crippen LogP contribution in [-0.2, 0) is 7.05 Å². The summed E-state index contributed by atoms with van der Waals surface area (Å²) < 4.78 is 1.78. The van der Waals surface area contributed by atoms with E-state index in [0.717, 1.165) is 5.69 Å². The van der Waals surface area contributed by atoms with Gasteiger partial charge in [0.2, 0.25) is 0 Å². The average molecular weight is 222 g/mol. The number of nitrogens with two attached hydrogens (primary N) is 1. The Morgan fingerprint density at radius 3 is 2.73 bits per heavy atom. The molecule has 0 aliphatic heterocycles. The SMILES string of the molecule is Cc1ccc(C(NN)c2ccn(C)n2)s1. The van der Waals surface area contributed by atoms with Crippen molar-refractivity contribution in [3.63, 3.8) is 0 Å². The van der Waals surface area contributed by atoms with E-state index in [4.69, 9.17) is 5.84 Å². The molecule has 0 bridgehead atoms. The van der Waals surface area contributed by atoms with Gasteiger partial charge in [-0.2, -0.15) is 5.10 Å². The fourth-order valence-electron chi connectivity index (χ4n) is 1.51. The molecule has 1 unspecified atom stereocenters. The van der Waals surface area contributed by atoms with Gasteiger partial charge in [0.05, 0.1) is 11.7 Å². The van der Waals surface area contributed by atoms with Crippen LogP contribution < -0.4 is 11.3 Å². The molecule has 0 aliphatic rings. The Hall–Kier alpha value is -1.17. The minimum Gasteiger partial charge on any atom is -0.275 e. The molecule has 80 valence electrons. The fraction of sp³-hybridized carbons (Fsp3) is 0.300. The lowest BCUT2D eigenvalue weighted by molar-refractivity contribution is 0.611. The third-order valence-electron chi connectivity index (χ3n) is 2.24. The minimum absolute atomic E-state index is 0.00935. The first-order valence-corrected chi connectivity index (χ1v) is 5.54. The molecule has 0 fully saturated rings. The predicted octanol–water partition coefficient (Wildman–Crippen LogP) is 1.34. The largest absolute Gasteiger partial charge is 0.275 e. The van der Waals surface area contributed by atoms with Crippen LogP contribution in [0.2, 0.25) is 0 Å². The molecule has 0 saturated carbocycles. The van der Waals surface area contributed by atoms with Crippen LogP contribution in [0.4, 0.5) is 0 Å². The lowest BCUT2D eigenvalue weighted by Crippen LogP contribution is -2.28. The molecule has 2 rings (SSSR count). The number of rotatable bonds is 3. The van der Waals surface area contributed by atoms with Gasteiger partial charge in [-0.25, -0.2) is 5.43 Å². The molecule has 15 heavy (non-hydrogen) atoms. The van der Waals surface area contributed by atoms with Crippen LogP contribution in [0.5, 0.6) is 0 Å². The zero-order valence-corrected chi connectivity index (χ0v) is 9.58. The van der Waals surface area contributed by atoms with E-state index in [1.807, 2.05) is 19.3 Å². The molecule has 2 aromatic heterocycles. The summed E-state index contributed by atoms with van der Waals surface area (Å²) in [6, 6.07) is 6.14. The molecule has 5 heteroatoms. The van der Waals surface area contributed by atoms with E-state index < -0.39 is 0 Å². The maximum atomic E-state index is 5.56. The summed E-state index contributed by atoms with van der Waals surface area (Å²) in [6.45, 7) is 2.08. The minimum atomic E-state index is -0.00935. The third-order valence-corrected chi connectivity index (χ3v) is 3.31. The molecular weight excluding hydrogens is 208 g/mol. The van der Waals surface area contributed by atoms with Gasteiger partial charge in [-0.3, -0.25) is 10.5 Å². The second-order valence-corrected chi connectivity index (χ2v) is 4.78. The van der Waals surface area contributed by atoms with E-state index >= 15 is 0 Å². The van der Waals surface area contributed by atoms with Gasteiger partial charge >= 0.3 is 0 Å². The Morgan fingerprint density at radius 2 is 2.27 bits per heavy atom. The average Bonchev–Trinajstić information content (AvgIpc) is 2.78. The van der Waals surface area contributed by atoms with Crippen LogP contribution in [-0.4, -0.2) is 9.78 Å². The summed E-state index contributed by atoms with van der Waals surface area (Å²) in [4.78, 5) is 2.47. The highest BCUT2D eigenvalue weighted by molar-refractivity contribution is 7.12. The Kier molecular flexibility index (Phi) is 2.86. The van der Waals surface area contributed by atoms with Gasteiger partial charge in [-0.05, 0) is 25.1 Å². The number of aromatic nitrogens is 2. The Balaban J connectivity index is 2.32. The van der Waals surface area contributed by atoms with Crippen molar-refractivity contribution in [1.82, 2.24) is 15.2 Å². The van der Waals surface area contributed by atoms with Crippen molar-refractivity contribution < 1.29 is 0 Å². The molecule has 0 aromatic carbocycles. The first kappa shape index (κ1) is 10.4. The summed E-state index contributed by atoms with van der Waals surface area (Å²) in [6.07, 6.45) is 1.92. The summed E-state index contributed by atoms with van der Waals surface area (Å²) in [5, 5.41) is 4.35. The molecule has 4 nitrogen and oxygen atoms in total. The molecule has 1 atom stereocenters. The number of hydrazine groups is 1. The quantitative estimate of drug-likeness (QED) is 0.608. The van der Waals surface area contributed by atoms with Crippen LogP contribution in [0.3, 0.4) is 0 Å². The van der Waals surface area contributed by atoms with Gasteiger partial charge in [0.25, 0.3) is 0 Å². The van der Waals surface area contributed by atoms with Crippen LogP contribution in [0.1, 0.15) is 21.5 Å². The zero-order valence-electron chi connectivity index (χ0n) is 8.77. The highest BCUT2D eigenvalue weighted by Crippen LogP contribution is 2.26. The standard InChI is InChI=1S/C10H14N4S/c1-7-3-4-9(15-7)10(12-11)8-5-6-14(2)13-8/h3-6,10,12H,11H2,1-2H3. The van der Waals surface area contributed by atoms with E-state index in [-0.39, 0.29) is 6.04 Å². The summed E-state index contributed by atoms with van der Waals surface area (Å²) >= 11 is 1.73. The summed E-state index contributed by atoms with van der Waals surface area (Å²) in [5.41, 5.74) is 3.74. The third kappa shape index (κ3) is 2.09. The first-order valence-electron chi connectivity index (χ1n) is 4.72. The molecule has 2 heterocycles. The summed E-state index contributed by atoms with van der Waals surface area (Å²) in [7, 11) is 1.90. The van der Waals surface area contributed by atoms with Gasteiger partial charge in [-0.15, -0.1) is 11.3 Å². The molecule has 0 aliphatic carbocycles. The second kappa shape index (κ2) is 4.14. The Bertz CT molecular complexity index is 405. The highest BCUT2D eigenvalue weighted by atomic mass is 32.1. The summed E-state index contributed by atoms with van der Waals surface area (Å²) in [5.74, 6) is 5.56. The molecular formula is C10H14N4S. The van der Waals surface area contributed by atoms with Crippen molar-refractivity contribution in [3.8, 4) is 0 Å². The number of hydrogen-bond acceptors (Lipinski definition) is 4. The monoisotopic (exact) mass is 222 g/mol. The van der Waals surface area contributed by atoms with Crippen LogP contribution in [0.15, 0.2) is 24.4 Å². The van der Waals surface area contributed by atoms with E-state index in [1.165, 1.54) is 9.75 Å². The van der Waals surface area contributed by atoms with Crippen molar-refractivity contribution in [2.75, 3.05) is 0 Å². The maximum Gasteiger partial charge on any atom is 0.0991 e. The highest BCUT2D eigenvalue weighted by Gasteiger charge is 2.16. The predicted molar refractivity (Wildman–Crippen MR) is 61.4 cm³/mol. The van der Waals surface area contributed by atoms with E-state index in [0.29, 0.717) is 0 Å². The van der Waals surface area contributed by atoms with Gasteiger partial charge < -0.3 is 0 Å². The van der Waals surface area contributed by atoms with Gasteiger partial charge in [0, 0.05) is 23.0 Å². The molecule has 3 N–H and O–H groups in total. The van der Waals surface area contributed by atoms with E-state index in [2.05, 4.69) is 29.6 Å². The zero-order chi connectivity index (χ0) is 10.8. The molecule has 0 saturated heterocycles. The number of thiophene rings is 1. The first-order chi connectivity index (χ1) is 7.20. The maximum absolute atomic E-state index is 5.56. The topological polar surface area (TPSA) is 55.9 Å². The van der Waals surface area contributed by atoms with Gasteiger partial charge in [-0.1, -0.05) is 0 Å². The van der Waals surface area contributed by atoms with E-state index in [1.54, 1.807) is 16.0 Å². The van der Waals surface area contributed by atoms with Gasteiger partial charge in [0.15, 0.2) is 0 Å². The molecule has 0 radical (unpaired) electrons. The molecule has 0 spiro atoms. The van der Waals surface area contributed by atoms with E-state index in [9.17, 15) is 0 Å². The smallest absolute Gasteiger partial charge is 0.0991 e. The second-order valence-electron chi connectivity index (χ2n) is 3.46. The number of hydrogen-bond donors (Lipinski definition) is 2. The van der Waals surface area contributed by atoms with Crippen molar-refractivity contribution in [1.29, 1.82) is 0 Å². The molecule has 0 amide bonds. The number of aryl methyl sites for hydroxylation is 2. The normalized spacial score (nSPS) is 13.0. The molecule has 2 aromatic rings. The van der Waals surface area contributed by atoms with Crippen molar-refractivity contribution >= 4 is 11.3 Å². The Labute approximate surface area is 92.7 Å². The van der Waals surface area contributed by atoms with Crippen molar-refractivity contribution in [2.24, 2.45) is 12.9 Å². The van der Waals surface area contributed by atoms with Crippen LogP contribution in [0.25, 0.3) is 0 Å². The van der Waals surface area contributed by atoms with Crippen LogP contribution in [0, 0.1) is 6.92 Å². The van der Waals surface area contributed by atoms with Crippen molar-refractivity contribution in [2.45, 2.75) is 13.0 Å². The fourth-order valence-corrected chi connectivity index (χ4v) is 2.46. The Morgan fingerprint density at radius 1 is 1.47 bits per heavy atom. The lowest BCUT2D eigenvalue weighted by Gasteiger charge is -2.10. The van der Waals surface area contributed by atoms with Gasteiger partial charge in [0.1, 0.15) is 0 Å². The van der Waals surface area contributed by atoms with Crippen LogP contribution >= 0.6 is 11.3 Å². The lowest BCUT2D eigenvalue weighted by atomic mass is 10.2. The van der Waals surface area contributed by atoms with Crippen molar-refractivity contribution in [3.05, 3.63) is 39.8 Å². The number of nitrogens with zero attached hydrogens (tertiary/aromatic N) is 2. The number of nitrogens with one attached hydrogen (secondary N) is 1.